The Bertz CT molecular complexity index is 366. The fourth-order valence-corrected chi connectivity index (χ4v) is 3.33. The Morgan fingerprint density at radius 3 is 2.74 bits per heavy atom. The van der Waals surface area contributed by atoms with E-state index in [1.54, 1.807) is 0 Å². The molecule has 19 heavy (non-hydrogen) atoms. The summed E-state index contributed by atoms with van der Waals surface area (Å²) in [5.41, 5.74) is 9.15. The van der Waals surface area contributed by atoms with Crippen molar-refractivity contribution >= 4 is 0 Å². The van der Waals surface area contributed by atoms with E-state index in [4.69, 9.17) is 5.73 Å². The number of aryl methyl sites for hydroxylation is 1. The second-order valence-electron chi connectivity index (χ2n) is 6.18. The topological polar surface area (TPSA) is 26.0 Å². The second kappa shape index (κ2) is 7.69. The number of hydrogen-bond acceptors (Lipinski definition) is 1. The van der Waals surface area contributed by atoms with Gasteiger partial charge in [-0.1, -0.05) is 69.7 Å². The van der Waals surface area contributed by atoms with Crippen LogP contribution in [0.3, 0.4) is 0 Å². The maximum atomic E-state index is 6.38. The normalized spacial score (nSPS) is 18.4. The van der Waals surface area contributed by atoms with Crippen molar-refractivity contribution in [2.24, 2.45) is 11.7 Å². The van der Waals surface area contributed by atoms with Gasteiger partial charge in [-0.05, 0) is 36.3 Å². The Labute approximate surface area is 118 Å². The molecule has 0 heterocycles. The van der Waals surface area contributed by atoms with Gasteiger partial charge in [-0.15, -0.1) is 0 Å². The number of nitrogens with two attached hydrogens (primary N) is 1. The van der Waals surface area contributed by atoms with Gasteiger partial charge in [-0.3, -0.25) is 0 Å². The molecule has 1 unspecified atom stereocenters. The van der Waals surface area contributed by atoms with Crippen molar-refractivity contribution in [3.05, 3.63) is 35.4 Å². The first-order valence-electron chi connectivity index (χ1n) is 8.14. The third-order valence-electron chi connectivity index (χ3n) is 4.53. The summed E-state index contributed by atoms with van der Waals surface area (Å²) in [6.45, 7) is 2.23. The Morgan fingerprint density at radius 1 is 1.21 bits per heavy atom. The molecule has 2 rings (SSSR count). The summed E-state index contributed by atoms with van der Waals surface area (Å²) >= 11 is 0. The molecule has 1 heteroatoms. The van der Waals surface area contributed by atoms with Crippen molar-refractivity contribution in [3.63, 3.8) is 0 Å². The Balaban J connectivity index is 1.84. The minimum Gasteiger partial charge on any atom is -0.324 e. The SMILES string of the molecule is CCCc1cccc(C(N)CCC2CCCCC2)c1. The molecular weight excluding hydrogens is 230 g/mol. The van der Waals surface area contributed by atoms with Gasteiger partial charge in [0.05, 0.1) is 0 Å². The van der Waals surface area contributed by atoms with Crippen LogP contribution < -0.4 is 5.73 Å². The molecule has 0 aromatic heterocycles. The van der Waals surface area contributed by atoms with E-state index in [1.807, 2.05) is 0 Å². The lowest BCUT2D eigenvalue weighted by molar-refractivity contribution is 0.324. The maximum absolute atomic E-state index is 6.38. The summed E-state index contributed by atoms with van der Waals surface area (Å²) in [5, 5.41) is 0. The molecule has 1 aliphatic carbocycles. The van der Waals surface area contributed by atoms with Crippen LogP contribution in [0.1, 0.15) is 75.5 Å². The van der Waals surface area contributed by atoms with Gasteiger partial charge in [0, 0.05) is 6.04 Å². The molecule has 1 aromatic carbocycles. The zero-order valence-electron chi connectivity index (χ0n) is 12.4. The van der Waals surface area contributed by atoms with E-state index in [2.05, 4.69) is 31.2 Å². The molecule has 0 saturated heterocycles. The van der Waals surface area contributed by atoms with Crippen LogP contribution in [0.2, 0.25) is 0 Å². The summed E-state index contributed by atoms with van der Waals surface area (Å²) in [4.78, 5) is 0. The van der Waals surface area contributed by atoms with E-state index in [0.717, 1.165) is 12.3 Å². The smallest absolute Gasteiger partial charge is 0.0295 e. The molecule has 1 aliphatic rings. The first kappa shape index (κ1) is 14.6. The van der Waals surface area contributed by atoms with Gasteiger partial charge >= 0.3 is 0 Å². The van der Waals surface area contributed by atoms with Crippen molar-refractivity contribution in [3.8, 4) is 0 Å². The molecule has 2 N–H and O–H groups in total. The second-order valence-corrected chi connectivity index (χ2v) is 6.18. The first-order valence-corrected chi connectivity index (χ1v) is 8.14. The zero-order chi connectivity index (χ0) is 13.5. The molecule has 0 radical (unpaired) electrons. The van der Waals surface area contributed by atoms with Gasteiger partial charge in [0.25, 0.3) is 0 Å². The molecule has 1 fully saturated rings. The molecule has 1 saturated carbocycles. The first-order chi connectivity index (χ1) is 9.29. The third-order valence-corrected chi connectivity index (χ3v) is 4.53. The van der Waals surface area contributed by atoms with Crippen molar-refractivity contribution in [1.29, 1.82) is 0 Å². The number of benzene rings is 1. The van der Waals surface area contributed by atoms with E-state index < -0.39 is 0 Å². The van der Waals surface area contributed by atoms with Crippen LogP contribution in [0.4, 0.5) is 0 Å². The summed E-state index contributed by atoms with van der Waals surface area (Å²) in [5.74, 6) is 0.943. The number of hydrogen-bond donors (Lipinski definition) is 1. The van der Waals surface area contributed by atoms with Crippen LogP contribution in [-0.2, 0) is 6.42 Å². The van der Waals surface area contributed by atoms with Gasteiger partial charge in [0.15, 0.2) is 0 Å². The van der Waals surface area contributed by atoms with Crippen LogP contribution in [0.25, 0.3) is 0 Å². The molecule has 1 atom stereocenters. The Kier molecular flexibility index (Phi) is 5.91. The molecule has 0 aliphatic heterocycles. The molecule has 0 amide bonds. The lowest BCUT2D eigenvalue weighted by Gasteiger charge is -2.23. The largest absolute Gasteiger partial charge is 0.324 e. The lowest BCUT2D eigenvalue weighted by atomic mass is 9.84. The van der Waals surface area contributed by atoms with E-state index >= 15 is 0 Å². The van der Waals surface area contributed by atoms with Crippen molar-refractivity contribution in [2.75, 3.05) is 0 Å². The quantitative estimate of drug-likeness (QED) is 0.764. The number of rotatable bonds is 6. The zero-order valence-corrected chi connectivity index (χ0v) is 12.4. The van der Waals surface area contributed by atoms with E-state index in [9.17, 15) is 0 Å². The minimum atomic E-state index is 0.235. The van der Waals surface area contributed by atoms with Crippen LogP contribution >= 0.6 is 0 Å². The fraction of sp³-hybridized carbons (Fsp3) is 0.667. The minimum absolute atomic E-state index is 0.235. The summed E-state index contributed by atoms with van der Waals surface area (Å²) in [6.07, 6.45) is 12.0. The van der Waals surface area contributed by atoms with Crippen molar-refractivity contribution < 1.29 is 0 Å². The lowest BCUT2D eigenvalue weighted by Crippen LogP contribution is -2.14. The molecule has 1 aromatic rings. The third kappa shape index (κ3) is 4.65. The highest BCUT2D eigenvalue weighted by Gasteiger charge is 2.15. The highest BCUT2D eigenvalue weighted by atomic mass is 14.6. The average Bonchev–Trinajstić information content (AvgIpc) is 2.46. The Morgan fingerprint density at radius 2 is 2.00 bits per heavy atom. The maximum Gasteiger partial charge on any atom is 0.0295 e. The predicted molar refractivity (Wildman–Crippen MR) is 83.2 cm³/mol. The van der Waals surface area contributed by atoms with Crippen molar-refractivity contribution in [1.82, 2.24) is 0 Å². The van der Waals surface area contributed by atoms with Gasteiger partial charge in [-0.25, -0.2) is 0 Å². The standard InChI is InChI=1S/C18H29N/c1-2-7-16-10-6-11-17(14-16)18(19)13-12-15-8-4-3-5-9-15/h6,10-11,14-15,18H,2-5,7-9,12-13,19H2,1H3. The molecule has 0 bridgehead atoms. The average molecular weight is 259 g/mol. The van der Waals surface area contributed by atoms with Crippen LogP contribution in [0, 0.1) is 5.92 Å². The van der Waals surface area contributed by atoms with Crippen LogP contribution in [0.5, 0.6) is 0 Å². The monoisotopic (exact) mass is 259 g/mol. The van der Waals surface area contributed by atoms with Gasteiger partial charge < -0.3 is 5.73 Å². The molecule has 106 valence electrons. The summed E-state index contributed by atoms with van der Waals surface area (Å²) < 4.78 is 0. The van der Waals surface area contributed by atoms with Gasteiger partial charge in [0.2, 0.25) is 0 Å². The Hall–Kier alpha value is -0.820. The fourth-order valence-electron chi connectivity index (χ4n) is 3.33. The molecule has 1 nitrogen and oxygen atoms in total. The van der Waals surface area contributed by atoms with E-state index in [0.29, 0.717) is 0 Å². The highest BCUT2D eigenvalue weighted by molar-refractivity contribution is 5.26. The van der Waals surface area contributed by atoms with E-state index in [1.165, 1.54) is 62.5 Å². The molecule has 0 spiro atoms. The van der Waals surface area contributed by atoms with Crippen molar-refractivity contribution in [2.45, 2.75) is 70.8 Å². The van der Waals surface area contributed by atoms with Crippen LogP contribution in [-0.4, -0.2) is 0 Å². The summed E-state index contributed by atoms with van der Waals surface area (Å²) in [7, 11) is 0. The molecular formula is C18H29N. The predicted octanol–water partition coefficient (Wildman–Crippen LogP) is 5.00. The van der Waals surface area contributed by atoms with Crippen LogP contribution in [0.15, 0.2) is 24.3 Å². The van der Waals surface area contributed by atoms with E-state index in [-0.39, 0.29) is 6.04 Å². The van der Waals surface area contributed by atoms with Gasteiger partial charge in [0.1, 0.15) is 0 Å². The summed E-state index contributed by atoms with van der Waals surface area (Å²) in [6, 6.07) is 9.14. The highest BCUT2D eigenvalue weighted by Crippen LogP contribution is 2.29. The van der Waals surface area contributed by atoms with Gasteiger partial charge in [-0.2, -0.15) is 0 Å².